The smallest absolute Gasteiger partial charge is 0.138 e. The lowest BCUT2D eigenvalue weighted by atomic mass is 10.1. The van der Waals surface area contributed by atoms with Crippen LogP contribution in [0, 0.1) is 5.82 Å². The highest BCUT2D eigenvalue weighted by Crippen LogP contribution is 2.29. The van der Waals surface area contributed by atoms with Crippen LogP contribution in [0.4, 0.5) is 4.39 Å². The normalized spacial score (nSPS) is 12.2. The summed E-state index contributed by atoms with van der Waals surface area (Å²) in [7, 11) is 1.47. The van der Waals surface area contributed by atoms with Crippen molar-refractivity contribution in [3.05, 3.63) is 29.6 Å². The maximum Gasteiger partial charge on any atom is 0.138 e. The molecule has 70 valence electrons. The molecule has 13 heavy (non-hydrogen) atoms. The van der Waals surface area contributed by atoms with Gasteiger partial charge in [-0.15, -0.1) is 0 Å². The summed E-state index contributed by atoms with van der Waals surface area (Å²) >= 11 is 3.10. The molecule has 1 rings (SSSR count). The summed E-state index contributed by atoms with van der Waals surface area (Å²) in [5, 5.41) is 0. The monoisotopic (exact) mass is 246 g/mol. The lowest BCUT2D eigenvalue weighted by Gasteiger charge is -2.08. The maximum absolute atomic E-state index is 12.8. The Balaban J connectivity index is 3.14. The van der Waals surface area contributed by atoms with E-state index in [0.29, 0.717) is 17.6 Å². The van der Waals surface area contributed by atoms with Crippen LogP contribution >= 0.6 is 15.9 Å². The highest BCUT2D eigenvalue weighted by atomic mass is 79.9. The van der Waals surface area contributed by atoms with Crippen molar-refractivity contribution in [3.63, 3.8) is 0 Å². The molecular weight excluding hydrogens is 239 g/mol. The molecule has 0 N–H and O–H groups in total. The Hall–Kier alpha value is -0.900. The predicted molar refractivity (Wildman–Crippen MR) is 50.7 cm³/mol. The molecule has 0 fully saturated rings. The first-order valence-electron chi connectivity index (χ1n) is 3.62. The van der Waals surface area contributed by atoms with Gasteiger partial charge >= 0.3 is 0 Å². The fourth-order valence-electron chi connectivity index (χ4n) is 0.994. The molecule has 0 bridgehead atoms. The predicted octanol–water partition coefficient (Wildman–Crippen LogP) is 2.47. The minimum Gasteiger partial charge on any atom is -0.496 e. The third-order valence-electron chi connectivity index (χ3n) is 1.61. The Kier molecular flexibility index (Phi) is 3.42. The quantitative estimate of drug-likeness (QED) is 0.605. The Labute approximate surface area is 83.8 Å². The van der Waals surface area contributed by atoms with E-state index in [1.54, 1.807) is 0 Å². The van der Waals surface area contributed by atoms with Gasteiger partial charge in [0, 0.05) is 5.56 Å². The summed E-state index contributed by atoms with van der Waals surface area (Å²) in [6, 6.07) is 4.04. The average molecular weight is 247 g/mol. The zero-order valence-corrected chi connectivity index (χ0v) is 8.55. The molecule has 4 heteroatoms. The summed E-state index contributed by atoms with van der Waals surface area (Å²) in [6.45, 7) is 0. The van der Waals surface area contributed by atoms with Crippen molar-refractivity contribution in [3.8, 4) is 5.75 Å². The molecule has 0 amide bonds. The lowest BCUT2D eigenvalue weighted by Crippen LogP contribution is -1.96. The first-order valence-corrected chi connectivity index (χ1v) is 4.53. The van der Waals surface area contributed by atoms with Crippen LogP contribution < -0.4 is 4.74 Å². The Morgan fingerprint density at radius 1 is 1.62 bits per heavy atom. The summed E-state index contributed by atoms with van der Waals surface area (Å²) in [4.78, 5) is 9.93. The summed E-state index contributed by atoms with van der Waals surface area (Å²) in [5.41, 5.74) is 0.498. The molecule has 0 spiro atoms. The van der Waals surface area contributed by atoms with Gasteiger partial charge in [0.25, 0.3) is 0 Å². The molecule has 0 heterocycles. The van der Waals surface area contributed by atoms with Crippen molar-refractivity contribution in [1.29, 1.82) is 0 Å². The van der Waals surface area contributed by atoms with Crippen molar-refractivity contribution in [2.45, 2.75) is 4.83 Å². The van der Waals surface area contributed by atoms with Crippen LogP contribution in [0.2, 0.25) is 0 Å². The van der Waals surface area contributed by atoms with Gasteiger partial charge in [0.15, 0.2) is 0 Å². The van der Waals surface area contributed by atoms with Gasteiger partial charge in [0.2, 0.25) is 0 Å². The van der Waals surface area contributed by atoms with Crippen molar-refractivity contribution >= 4 is 22.2 Å². The fraction of sp³-hybridized carbons (Fsp3) is 0.222. The van der Waals surface area contributed by atoms with Crippen LogP contribution in [0.5, 0.6) is 5.75 Å². The highest BCUT2D eigenvalue weighted by molar-refractivity contribution is 9.09. The first kappa shape index (κ1) is 10.2. The minimum absolute atomic E-state index is 0.387. The summed E-state index contributed by atoms with van der Waals surface area (Å²) < 4.78 is 17.8. The first-order chi connectivity index (χ1) is 6.19. The number of rotatable bonds is 3. The molecule has 1 aromatic rings. The van der Waals surface area contributed by atoms with Crippen molar-refractivity contribution in [1.82, 2.24) is 0 Å². The fourth-order valence-corrected chi connectivity index (χ4v) is 1.35. The standard InChI is InChI=1S/C9H8BrFO2/c1-13-9-3-2-6(11)4-7(9)8(10)5-12/h2-5,8H,1H3. The molecule has 1 atom stereocenters. The van der Waals surface area contributed by atoms with Crippen LogP contribution in [0.15, 0.2) is 18.2 Å². The van der Waals surface area contributed by atoms with Crippen LogP contribution in [0.1, 0.15) is 10.4 Å². The second kappa shape index (κ2) is 4.37. The van der Waals surface area contributed by atoms with Gasteiger partial charge in [0.1, 0.15) is 17.9 Å². The third-order valence-corrected chi connectivity index (χ3v) is 2.32. The van der Waals surface area contributed by atoms with E-state index in [1.165, 1.54) is 25.3 Å². The van der Waals surface area contributed by atoms with E-state index < -0.39 is 4.83 Å². The van der Waals surface area contributed by atoms with Crippen LogP contribution in [0.3, 0.4) is 0 Å². The van der Waals surface area contributed by atoms with Gasteiger partial charge in [-0.1, -0.05) is 15.9 Å². The average Bonchev–Trinajstić information content (AvgIpc) is 2.16. The zero-order chi connectivity index (χ0) is 9.84. The van der Waals surface area contributed by atoms with Gasteiger partial charge in [-0.2, -0.15) is 0 Å². The number of ether oxygens (including phenoxy) is 1. The highest BCUT2D eigenvalue weighted by Gasteiger charge is 2.12. The number of aldehydes is 1. The van der Waals surface area contributed by atoms with Crippen LogP contribution in [-0.2, 0) is 4.79 Å². The number of benzene rings is 1. The Morgan fingerprint density at radius 3 is 2.85 bits per heavy atom. The largest absolute Gasteiger partial charge is 0.496 e. The molecule has 0 saturated carbocycles. The molecule has 0 aromatic heterocycles. The SMILES string of the molecule is COc1ccc(F)cc1C(Br)C=O. The molecule has 2 nitrogen and oxygen atoms in total. The van der Waals surface area contributed by atoms with E-state index in [0.717, 1.165) is 0 Å². The molecule has 0 radical (unpaired) electrons. The van der Waals surface area contributed by atoms with Gasteiger partial charge < -0.3 is 9.53 Å². The molecule has 0 aliphatic heterocycles. The number of alkyl halides is 1. The number of halogens is 2. The molecule has 0 aliphatic rings. The number of methoxy groups -OCH3 is 1. The number of carbonyl (C=O) groups is 1. The lowest BCUT2D eigenvalue weighted by molar-refractivity contribution is -0.107. The van der Waals surface area contributed by atoms with E-state index in [-0.39, 0.29) is 5.82 Å². The van der Waals surface area contributed by atoms with Gasteiger partial charge in [0.05, 0.1) is 11.9 Å². The van der Waals surface area contributed by atoms with Crippen LogP contribution in [-0.4, -0.2) is 13.4 Å². The zero-order valence-electron chi connectivity index (χ0n) is 6.96. The number of hydrogen-bond donors (Lipinski definition) is 0. The van der Waals surface area contributed by atoms with E-state index in [2.05, 4.69) is 15.9 Å². The van der Waals surface area contributed by atoms with E-state index in [1.807, 2.05) is 0 Å². The Morgan fingerprint density at radius 2 is 2.31 bits per heavy atom. The second-order valence-electron chi connectivity index (χ2n) is 2.42. The number of hydrogen-bond acceptors (Lipinski definition) is 2. The molecule has 1 aromatic carbocycles. The van der Waals surface area contributed by atoms with Gasteiger partial charge in [-0.05, 0) is 18.2 Å². The third kappa shape index (κ3) is 2.28. The summed E-state index contributed by atoms with van der Waals surface area (Å²) in [5.74, 6) is 0.109. The minimum atomic E-state index is -0.529. The maximum atomic E-state index is 12.8. The number of carbonyl (C=O) groups excluding carboxylic acids is 1. The topological polar surface area (TPSA) is 26.3 Å². The molecule has 0 aliphatic carbocycles. The Bertz CT molecular complexity index is 314. The molecular formula is C9H8BrFO2. The second-order valence-corrected chi connectivity index (χ2v) is 3.41. The molecule has 1 unspecified atom stereocenters. The van der Waals surface area contributed by atoms with E-state index in [9.17, 15) is 9.18 Å². The molecule has 0 saturated heterocycles. The van der Waals surface area contributed by atoms with Crippen molar-refractivity contribution in [2.24, 2.45) is 0 Å². The van der Waals surface area contributed by atoms with E-state index >= 15 is 0 Å². The van der Waals surface area contributed by atoms with Gasteiger partial charge in [-0.3, -0.25) is 0 Å². The van der Waals surface area contributed by atoms with Gasteiger partial charge in [-0.25, -0.2) is 4.39 Å². The van der Waals surface area contributed by atoms with Crippen molar-refractivity contribution < 1.29 is 13.9 Å². The van der Waals surface area contributed by atoms with Crippen LogP contribution in [0.25, 0.3) is 0 Å². The summed E-state index contributed by atoms with van der Waals surface area (Å²) in [6.07, 6.45) is 0.678. The van der Waals surface area contributed by atoms with Crippen molar-refractivity contribution in [2.75, 3.05) is 7.11 Å². The van der Waals surface area contributed by atoms with E-state index in [4.69, 9.17) is 4.74 Å².